The number of aryl methyl sites for hydroxylation is 2. The van der Waals surface area contributed by atoms with E-state index in [1.54, 1.807) is 0 Å². The van der Waals surface area contributed by atoms with Crippen LogP contribution in [-0.2, 0) is 6.42 Å². The van der Waals surface area contributed by atoms with E-state index in [4.69, 9.17) is 10.5 Å². The maximum atomic E-state index is 5.99. The van der Waals surface area contributed by atoms with Crippen LogP contribution in [0.1, 0.15) is 16.7 Å². The molecule has 2 aromatic rings. The van der Waals surface area contributed by atoms with Gasteiger partial charge in [0, 0.05) is 0 Å². The van der Waals surface area contributed by atoms with E-state index in [0.29, 0.717) is 6.54 Å². The van der Waals surface area contributed by atoms with Gasteiger partial charge in [0.05, 0.1) is 4.47 Å². The fourth-order valence-electron chi connectivity index (χ4n) is 1.88. The molecule has 0 bridgehead atoms. The minimum atomic E-state index is 0.650. The Morgan fingerprint density at radius 3 is 2.53 bits per heavy atom. The Balaban J connectivity index is 2.29. The lowest BCUT2D eigenvalue weighted by molar-refractivity contribution is 0.475. The molecule has 0 heterocycles. The summed E-state index contributed by atoms with van der Waals surface area (Å²) in [5, 5.41) is 0. The van der Waals surface area contributed by atoms with E-state index in [-0.39, 0.29) is 0 Å². The summed E-state index contributed by atoms with van der Waals surface area (Å²) in [5.41, 5.74) is 9.11. The van der Waals surface area contributed by atoms with Gasteiger partial charge in [-0.15, -0.1) is 0 Å². The van der Waals surface area contributed by atoms with Gasteiger partial charge in [-0.3, -0.25) is 0 Å². The molecule has 2 N–H and O–H groups in total. The number of nitrogens with two attached hydrogens (primary N) is 1. The average molecular weight is 320 g/mol. The zero-order valence-corrected chi connectivity index (χ0v) is 12.8. The Morgan fingerprint density at radius 2 is 1.84 bits per heavy atom. The minimum absolute atomic E-state index is 0.650. The molecule has 19 heavy (non-hydrogen) atoms. The van der Waals surface area contributed by atoms with Gasteiger partial charge in [-0.2, -0.15) is 0 Å². The third kappa shape index (κ3) is 3.58. The molecule has 0 fully saturated rings. The van der Waals surface area contributed by atoms with Crippen molar-refractivity contribution in [1.82, 2.24) is 0 Å². The van der Waals surface area contributed by atoms with Gasteiger partial charge in [0.1, 0.15) is 11.5 Å². The summed E-state index contributed by atoms with van der Waals surface area (Å²) >= 11 is 3.53. The number of hydrogen-bond acceptors (Lipinski definition) is 2. The zero-order chi connectivity index (χ0) is 13.8. The van der Waals surface area contributed by atoms with Crippen molar-refractivity contribution in [2.45, 2.75) is 20.3 Å². The molecule has 0 spiro atoms. The lowest BCUT2D eigenvalue weighted by Crippen LogP contribution is -2.03. The number of hydrogen-bond donors (Lipinski definition) is 1. The van der Waals surface area contributed by atoms with Gasteiger partial charge in [0.25, 0.3) is 0 Å². The van der Waals surface area contributed by atoms with Gasteiger partial charge in [0.15, 0.2) is 0 Å². The van der Waals surface area contributed by atoms with Crippen molar-refractivity contribution in [1.29, 1.82) is 0 Å². The molecule has 3 heteroatoms. The van der Waals surface area contributed by atoms with Gasteiger partial charge < -0.3 is 10.5 Å². The summed E-state index contributed by atoms with van der Waals surface area (Å²) in [6, 6.07) is 12.3. The highest BCUT2D eigenvalue weighted by Gasteiger charge is 2.06. The van der Waals surface area contributed by atoms with Crippen LogP contribution in [0.3, 0.4) is 0 Å². The molecule has 0 atom stereocenters. The Morgan fingerprint density at radius 1 is 1.05 bits per heavy atom. The number of halogens is 1. The first-order valence-electron chi connectivity index (χ1n) is 6.34. The van der Waals surface area contributed by atoms with Crippen LogP contribution in [0.15, 0.2) is 40.9 Å². The second-order valence-corrected chi connectivity index (χ2v) is 5.53. The standard InChI is InChI=1S/C16H18BrNO/c1-11-3-6-15(14(17)9-11)19-16-10-13(7-8-18)5-4-12(16)2/h3-6,9-10H,7-8,18H2,1-2H3. The molecular formula is C16H18BrNO. The Kier molecular flexibility index (Phi) is 4.61. The Hall–Kier alpha value is -1.32. The summed E-state index contributed by atoms with van der Waals surface area (Å²) in [6.45, 7) is 4.75. The molecule has 0 radical (unpaired) electrons. The average Bonchev–Trinajstić information content (AvgIpc) is 2.37. The van der Waals surface area contributed by atoms with E-state index in [2.05, 4.69) is 47.1 Å². The number of rotatable bonds is 4. The van der Waals surface area contributed by atoms with Crippen molar-refractivity contribution in [3.05, 3.63) is 57.6 Å². The molecule has 0 aliphatic rings. The monoisotopic (exact) mass is 319 g/mol. The lowest BCUT2D eigenvalue weighted by atomic mass is 10.1. The quantitative estimate of drug-likeness (QED) is 0.908. The molecule has 2 rings (SSSR count). The fraction of sp³-hybridized carbons (Fsp3) is 0.250. The molecule has 100 valence electrons. The van der Waals surface area contributed by atoms with Crippen LogP contribution < -0.4 is 10.5 Å². The van der Waals surface area contributed by atoms with Crippen molar-refractivity contribution in [2.24, 2.45) is 5.73 Å². The molecule has 0 aliphatic carbocycles. The van der Waals surface area contributed by atoms with E-state index >= 15 is 0 Å². The summed E-state index contributed by atoms with van der Waals surface area (Å²) < 4.78 is 6.96. The molecule has 0 unspecified atom stereocenters. The third-order valence-electron chi connectivity index (χ3n) is 2.99. The predicted molar refractivity (Wildman–Crippen MR) is 82.9 cm³/mol. The van der Waals surface area contributed by atoms with E-state index in [1.165, 1.54) is 11.1 Å². The summed E-state index contributed by atoms with van der Waals surface area (Å²) in [7, 11) is 0. The lowest BCUT2D eigenvalue weighted by Gasteiger charge is -2.12. The summed E-state index contributed by atoms with van der Waals surface area (Å²) in [5.74, 6) is 1.72. The highest BCUT2D eigenvalue weighted by molar-refractivity contribution is 9.10. The van der Waals surface area contributed by atoms with Crippen molar-refractivity contribution < 1.29 is 4.74 Å². The van der Waals surface area contributed by atoms with E-state index in [9.17, 15) is 0 Å². The van der Waals surface area contributed by atoms with Crippen molar-refractivity contribution >= 4 is 15.9 Å². The topological polar surface area (TPSA) is 35.2 Å². The maximum absolute atomic E-state index is 5.99. The first kappa shape index (κ1) is 14.1. The Bertz CT molecular complexity index is 581. The van der Waals surface area contributed by atoms with Crippen LogP contribution in [0.2, 0.25) is 0 Å². The molecule has 0 aliphatic heterocycles. The number of benzene rings is 2. The van der Waals surface area contributed by atoms with Crippen LogP contribution in [0.4, 0.5) is 0 Å². The highest BCUT2D eigenvalue weighted by Crippen LogP contribution is 2.32. The second kappa shape index (κ2) is 6.22. The van der Waals surface area contributed by atoms with Crippen molar-refractivity contribution in [3.8, 4) is 11.5 Å². The van der Waals surface area contributed by atoms with E-state index < -0.39 is 0 Å². The normalized spacial score (nSPS) is 10.5. The largest absolute Gasteiger partial charge is 0.456 e. The van der Waals surface area contributed by atoms with Crippen molar-refractivity contribution in [3.63, 3.8) is 0 Å². The first-order valence-corrected chi connectivity index (χ1v) is 7.13. The van der Waals surface area contributed by atoms with E-state index in [0.717, 1.165) is 28.0 Å². The third-order valence-corrected chi connectivity index (χ3v) is 3.61. The SMILES string of the molecule is Cc1ccc(Oc2cc(CCN)ccc2C)c(Br)c1. The van der Waals surface area contributed by atoms with Gasteiger partial charge in [-0.05, 0) is 77.6 Å². The van der Waals surface area contributed by atoms with Crippen molar-refractivity contribution in [2.75, 3.05) is 6.54 Å². The van der Waals surface area contributed by atoms with Gasteiger partial charge in [0.2, 0.25) is 0 Å². The fourth-order valence-corrected chi connectivity index (χ4v) is 2.46. The molecule has 2 nitrogen and oxygen atoms in total. The van der Waals surface area contributed by atoms with Gasteiger partial charge in [-0.1, -0.05) is 18.2 Å². The Labute approximate surface area is 122 Å². The molecule has 2 aromatic carbocycles. The molecule has 0 amide bonds. The maximum Gasteiger partial charge on any atom is 0.141 e. The first-order chi connectivity index (χ1) is 9.10. The predicted octanol–water partition coefficient (Wildman–Crippen LogP) is 4.36. The van der Waals surface area contributed by atoms with Crippen LogP contribution in [0.25, 0.3) is 0 Å². The van der Waals surface area contributed by atoms with Crippen LogP contribution in [-0.4, -0.2) is 6.54 Å². The van der Waals surface area contributed by atoms with Crippen LogP contribution >= 0.6 is 15.9 Å². The second-order valence-electron chi connectivity index (χ2n) is 4.67. The summed E-state index contributed by atoms with van der Waals surface area (Å²) in [6.07, 6.45) is 0.867. The number of ether oxygens (including phenoxy) is 1. The summed E-state index contributed by atoms with van der Waals surface area (Å²) in [4.78, 5) is 0. The molecule has 0 saturated carbocycles. The highest BCUT2D eigenvalue weighted by atomic mass is 79.9. The van der Waals surface area contributed by atoms with Gasteiger partial charge in [-0.25, -0.2) is 0 Å². The smallest absolute Gasteiger partial charge is 0.141 e. The van der Waals surface area contributed by atoms with Crippen LogP contribution in [0.5, 0.6) is 11.5 Å². The molecular weight excluding hydrogens is 302 g/mol. The van der Waals surface area contributed by atoms with Crippen LogP contribution in [0, 0.1) is 13.8 Å². The van der Waals surface area contributed by atoms with E-state index in [1.807, 2.05) is 19.1 Å². The minimum Gasteiger partial charge on any atom is -0.456 e. The molecule has 0 aromatic heterocycles. The molecule has 0 saturated heterocycles. The van der Waals surface area contributed by atoms with Gasteiger partial charge >= 0.3 is 0 Å². The zero-order valence-electron chi connectivity index (χ0n) is 11.2.